The molecule has 1 aromatic heterocycles. The van der Waals surface area contributed by atoms with E-state index in [9.17, 15) is 14.4 Å². The van der Waals surface area contributed by atoms with Crippen LogP contribution in [0.1, 0.15) is 56.9 Å². The highest BCUT2D eigenvalue weighted by molar-refractivity contribution is 5.87. The molecule has 4 rings (SSSR count). The second-order valence-corrected chi connectivity index (χ2v) is 10.7. The van der Waals surface area contributed by atoms with E-state index in [0.717, 1.165) is 10.8 Å². The van der Waals surface area contributed by atoms with E-state index in [2.05, 4.69) is 6.07 Å². The highest BCUT2D eigenvalue weighted by atomic mass is 16.6. The van der Waals surface area contributed by atoms with Crippen molar-refractivity contribution in [2.24, 2.45) is 5.73 Å². The number of hydrogen-bond donors (Lipinski definition) is 1. The number of rotatable bonds is 8. The van der Waals surface area contributed by atoms with Crippen molar-refractivity contribution in [3.05, 3.63) is 65.6 Å². The van der Waals surface area contributed by atoms with E-state index in [-0.39, 0.29) is 32.0 Å². The van der Waals surface area contributed by atoms with Crippen molar-refractivity contribution < 1.29 is 33.0 Å². The average molecular weight is 548 g/mol. The molecular formula is C30H33N3O7. The smallest absolute Gasteiger partial charge is 0.411 e. The summed E-state index contributed by atoms with van der Waals surface area (Å²) in [6.07, 6.45) is 0.990. The predicted molar refractivity (Wildman–Crippen MR) is 145 cm³/mol. The molecule has 10 nitrogen and oxygen atoms in total. The molecule has 0 spiro atoms. The Balaban J connectivity index is 1.50. The van der Waals surface area contributed by atoms with Gasteiger partial charge >= 0.3 is 12.1 Å². The lowest BCUT2D eigenvalue weighted by atomic mass is 9.93. The molecule has 210 valence electrons. The van der Waals surface area contributed by atoms with E-state index in [4.69, 9.17) is 29.6 Å². The molecule has 0 bridgehead atoms. The summed E-state index contributed by atoms with van der Waals surface area (Å²) in [5, 5.41) is 10.8. The second kappa shape index (κ2) is 11.7. The largest absolute Gasteiger partial charge is 0.488 e. The number of amides is 2. The van der Waals surface area contributed by atoms with Crippen LogP contribution >= 0.6 is 0 Å². The van der Waals surface area contributed by atoms with Gasteiger partial charge < -0.3 is 24.4 Å². The number of fused-ring (bicyclic) bond motifs is 1. The van der Waals surface area contributed by atoms with Crippen LogP contribution in [-0.2, 0) is 25.5 Å². The Kier molecular flexibility index (Phi) is 8.33. The molecule has 0 radical (unpaired) electrons. The van der Waals surface area contributed by atoms with E-state index >= 15 is 0 Å². The van der Waals surface area contributed by atoms with Gasteiger partial charge in [-0.1, -0.05) is 12.1 Å². The number of carbonyl (C=O) groups is 3. The number of ether oxygens (including phenoxy) is 3. The predicted octanol–water partition coefficient (Wildman–Crippen LogP) is 4.44. The van der Waals surface area contributed by atoms with Crippen LogP contribution in [0.5, 0.6) is 5.75 Å². The molecule has 1 aliphatic heterocycles. The average Bonchev–Trinajstić information content (AvgIpc) is 3.51. The first-order valence-corrected chi connectivity index (χ1v) is 13.1. The molecule has 1 fully saturated rings. The molecule has 3 aromatic rings. The van der Waals surface area contributed by atoms with Crippen LogP contribution in [0.15, 0.2) is 53.1 Å². The summed E-state index contributed by atoms with van der Waals surface area (Å²) in [6.45, 7) is 7.38. The Morgan fingerprint density at radius 3 is 2.52 bits per heavy atom. The molecule has 0 aliphatic carbocycles. The lowest BCUT2D eigenvalue weighted by Gasteiger charge is -2.27. The van der Waals surface area contributed by atoms with E-state index in [1.165, 1.54) is 4.90 Å². The Morgan fingerprint density at radius 1 is 1.18 bits per heavy atom. The van der Waals surface area contributed by atoms with Crippen molar-refractivity contribution in [1.82, 2.24) is 4.90 Å². The first-order valence-electron chi connectivity index (χ1n) is 13.1. The summed E-state index contributed by atoms with van der Waals surface area (Å²) in [5.41, 5.74) is 6.06. The minimum absolute atomic E-state index is 0.148. The molecule has 40 heavy (non-hydrogen) atoms. The van der Waals surface area contributed by atoms with Gasteiger partial charge in [-0.3, -0.25) is 14.5 Å². The fourth-order valence-electron chi connectivity index (χ4n) is 4.75. The van der Waals surface area contributed by atoms with Crippen LogP contribution in [0.3, 0.4) is 0 Å². The van der Waals surface area contributed by atoms with Crippen molar-refractivity contribution in [3.63, 3.8) is 0 Å². The van der Waals surface area contributed by atoms with Crippen molar-refractivity contribution in [2.45, 2.75) is 64.2 Å². The zero-order valence-electron chi connectivity index (χ0n) is 23.0. The minimum Gasteiger partial charge on any atom is -0.488 e. The van der Waals surface area contributed by atoms with Gasteiger partial charge in [-0.15, -0.1) is 0 Å². The summed E-state index contributed by atoms with van der Waals surface area (Å²) in [4.78, 5) is 38.9. The Bertz CT molecular complexity index is 1430. The lowest BCUT2D eigenvalue weighted by Crippen LogP contribution is -2.45. The molecule has 1 aliphatic rings. The highest BCUT2D eigenvalue weighted by Crippen LogP contribution is 2.31. The minimum atomic E-state index is -0.834. The number of carbonyl (C=O) groups excluding carboxylic acids is 3. The number of benzene rings is 2. The van der Waals surface area contributed by atoms with Gasteiger partial charge in [0.15, 0.2) is 0 Å². The van der Waals surface area contributed by atoms with Crippen LogP contribution in [0.4, 0.5) is 4.79 Å². The third-order valence-electron chi connectivity index (χ3n) is 6.57. The number of esters is 1. The van der Waals surface area contributed by atoms with Gasteiger partial charge in [0.25, 0.3) is 0 Å². The number of nitrogens with two attached hydrogens (primary N) is 1. The summed E-state index contributed by atoms with van der Waals surface area (Å²) in [6, 6.07) is 13.6. The lowest BCUT2D eigenvalue weighted by molar-refractivity contribution is -0.145. The van der Waals surface area contributed by atoms with Gasteiger partial charge in [-0.25, -0.2) is 4.79 Å². The van der Waals surface area contributed by atoms with Crippen LogP contribution < -0.4 is 10.5 Å². The second-order valence-electron chi connectivity index (χ2n) is 10.7. The van der Waals surface area contributed by atoms with Gasteiger partial charge in [0.05, 0.1) is 37.0 Å². The number of primary amides is 1. The van der Waals surface area contributed by atoms with Gasteiger partial charge in [-0.05, 0) is 63.6 Å². The molecule has 0 saturated carbocycles. The zero-order chi connectivity index (χ0) is 29.0. The summed E-state index contributed by atoms with van der Waals surface area (Å²) >= 11 is 0. The number of furan rings is 1. The van der Waals surface area contributed by atoms with Crippen molar-refractivity contribution in [3.8, 4) is 11.8 Å². The number of hydrogen-bond acceptors (Lipinski definition) is 8. The number of nitriles is 1. The molecule has 2 aromatic carbocycles. The number of likely N-dealkylation sites (tertiary alicyclic amines) is 1. The first kappa shape index (κ1) is 28.5. The monoisotopic (exact) mass is 547 g/mol. The molecular weight excluding hydrogens is 514 g/mol. The fraction of sp³-hybridized carbons (Fsp3) is 0.400. The Morgan fingerprint density at radius 2 is 1.90 bits per heavy atom. The van der Waals surface area contributed by atoms with E-state index in [1.54, 1.807) is 70.4 Å². The standard InChI is InChI=1S/C30H33N3O7/c1-5-37-28(35)24(14-26-23-11-6-18(15-31)12-20(23)17-38-26)19-7-9-21(10-8-19)39-22-13-25(27(32)34)33(16-22)29(36)40-30(2,3)4/h6-12,17,22,24-25H,5,13-14,16H2,1-4H3,(H2,32,34)/t22-,24?,25-/m0/s1. The van der Waals surface area contributed by atoms with Crippen LogP contribution in [0, 0.1) is 11.3 Å². The summed E-state index contributed by atoms with van der Waals surface area (Å²) in [5.74, 6) is -0.518. The molecule has 1 unspecified atom stereocenters. The van der Waals surface area contributed by atoms with E-state index in [0.29, 0.717) is 22.6 Å². The zero-order valence-corrected chi connectivity index (χ0v) is 23.0. The van der Waals surface area contributed by atoms with Crippen LogP contribution in [-0.4, -0.2) is 53.8 Å². The first-order chi connectivity index (χ1) is 19.0. The molecule has 3 atom stereocenters. The maximum absolute atomic E-state index is 12.9. The van der Waals surface area contributed by atoms with Gasteiger partial charge in [0.2, 0.25) is 5.91 Å². The quantitative estimate of drug-likeness (QED) is 0.408. The molecule has 2 heterocycles. The van der Waals surface area contributed by atoms with Crippen molar-refractivity contribution in [1.29, 1.82) is 5.26 Å². The topological polar surface area (TPSA) is 145 Å². The van der Waals surface area contributed by atoms with E-state index in [1.807, 2.05) is 6.07 Å². The van der Waals surface area contributed by atoms with Gasteiger partial charge in [0.1, 0.15) is 29.3 Å². The normalized spacial score (nSPS) is 17.7. The van der Waals surface area contributed by atoms with Gasteiger partial charge in [-0.2, -0.15) is 5.26 Å². The summed E-state index contributed by atoms with van der Waals surface area (Å²) < 4.78 is 22.6. The highest BCUT2D eigenvalue weighted by Gasteiger charge is 2.41. The van der Waals surface area contributed by atoms with Crippen molar-refractivity contribution in [2.75, 3.05) is 13.2 Å². The van der Waals surface area contributed by atoms with Crippen LogP contribution in [0.25, 0.3) is 10.8 Å². The SMILES string of the molecule is CCOC(=O)C(Cc1occ2cc(C#N)ccc12)c1ccc(O[C@H]2C[C@@H](C(N)=O)N(C(=O)OC(C)(C)C)C2)cc1. The maximum atomic E-state index is 12.9. The molecule has 1 saturated heterocycles. The Hall–Kier alpha value is -4.52. The van der Waals surface area contributed by atoms with Gasteiger partial charge in [0, 0.05) is 23.6 Å². The summed E-state index contributed by atoms with van der Waals surface area (Å²) in [7, 11) is 0. The van der Waals surface area contributed by atoms with Crippen molar-refractivity contribution >= 4 is 28.7 Å². The van der Waals surface area contributed by atoms with Crippen LogP contribution in [0.2, 0.25) is 0 Å². The maximum Gasteiger partial charge on any atom is 0.411 e. The molecule has 2 N–H and O–H groups in total. The Labute approximate surface area is 232 Å². The number of nitrogens with zero attached hydrogens (tertiary/aromatic N) is 2. The molecule has 2 amide bonds. The van der Waals surface area contributed by atoms with E-state index < -0.39 is 35.7 Å². The third-order valence-corrected chi connectivity index (χ3v) is 6.57. The third kappa shape index (κ3) is 6.54. The fourth-order valence-corrected chi connectivity index (χ4v) is 4.75. The molecule has 10 heteroatoms.